The number of amidine groups is 1. The van der Waals surface area contributed by atoms with Crippen molar-refractivity contribution < 1.29 is 14.4 Å². The van der Waals surface area contributed by atoms with Crippen molar-refractivity contribution in [3.8, 4) is 0 Å². The van der Waals surface area contributed by atoms with Gasteiger partial charge in [-0.15, -0.1) is 0 Å². The Hall–Kier alpha value is -3.59. The van der Waals surface area contributed by atoms with Gasteiger partial charge in [-0.2, -0.15) is 0 Å². The highest BCUT2D eigenvalue weighted by molar-refractivity contribution is 6.39. The first kappa shape index (κ1) is 22.6. The molecule has 2 aliphatic rings. The second-order valence-electron chi connectivity index (χ2n) is 7.81. The van der Waals surface area contributed by atoms with Gasteiger partial charge in [0.15, 0.2) is 0 Å². The number of hydrogen-bond donors (Lipinski definition) is 2. The normalized spacial score (nSPS) is 18.5. The number of aliphatic imine (C=N–C) groups is 1. The number of anilines is 2. The second-order valence-corrected chi connectivity index (χ2v) is 8.24. The Bertz CT molecular complexity index is 1070. The maximum atomic E-state index is 12.6. The molecule has 1 fully saturated rings. The number of piperazine rings is 1. The maximum Gasteiger partial charge on any atom is 0.288 e. The van der Waals surface area contributed by atoms with Crippen LogP contribution in [0.4, 0.5) is 11.4 Å². The minimum absolute atomic E-state index is 0.00970. The minimum Gasteiger partial charge on any atom is -0.368 e. The van der Waals surface area contributed by atoms with Crippen molar-refractivity contribution in [2.45, 2.75) is 13.0 Å². The summed E-state index contributed by atoms with van der Waals surface area (Å²) >= 11 is 6.07. The molecule has 0 spiro atoms. The molecule has 0 aromatic heterocycles. The van der Waals surface area contributed by atoms with Gasteiger partial charge in [0.05, 0.1) is 12.2 Å². The zero-order chi connectivity index (χ0) is 23.4. The van der Waals surface area contributed by atoms with Crippen LogP contribution in [-0.2, 0) is 14.4 Å². The van der Waals surface area contributed by atoms with Crippen LogP contribution in [-0.4, -0.2) is 67.2 Å². The number of hydrazine groups is 1. The molecule has 1 unspecified atom stereocenters. The van der Waals surface area contributed by atoms with Crippen molar-refractivity contribution in [1.29, 1.82) is 0 Å². The van der Waals surface area contributed by atoms with Crippen molar-refractivity contribution in [2.24, 2.45) is 4.99 Å². The largest absolute Gasteiger partial charge is 0.368 e. The first-order valence-corrected chi connectivity index (χ1v) is 11.1. The molecule has 2 N–H and O–H groups in total. The van der Waals surface area contributed by atoms with E-state index in [2.05, 4.69) is 20.6 Å². The Morgan fingerprint density at radius 1 is 1.06 bits per heavy atom. The molecule has 4 rings (SSSR count). The third-order valence-corrected chi connectivity index (χ3v) is 5.79. The second kappa shape index (κ2) is 9.91. The number of rotatable bonds is 5. The van der Waals surface area contributed by atoms with Crippen molar-refractivity contribution in [3.63, 3.8) is 0 Å². The fraction of sp³-hybridized carbons (Fsp3) is 0.304. The lowest BCUT2D eigenvalue weighted by atomic mass is 10.2. The summed E-state index contributed by atoms with van der Waals surface area (Å²) in [5, 5.41) is 4.59. The van der Waals surface area contributed by atoms with Crippen molar-refractivity contribution in [3.05, 3.63) is 59.6 Å². The molecule has 9 nitrogen and oxygen atoms in total. The highest BCUT2D eigenvalue weighted by Gasteiger charge is 2.31. The summed E-state index contributed by atoms with van der Waals surface area (Å²) in [5.74, 6) is -0.994. The topological polar surface area (TPSA) is 97.3 Å². The lowest BCUT2D eigenvalue weighted by Crippen LogP contribution is -2.58. The number of benzene rings is 2. The van der Waals surface area contributed by atoms with E-state index in [0.717, 1.165) is 5.69 Å². The maximum absolute atomic E-state index is 12.6. The number of halogens is 1. The molecule has 172 valence electrons. The smallest absolute Gasteiger partial charge is 0.288 e. The molecule has 3 amide bonds. The van der Waals surface area contributed by atoms with Gasteiger partial charge in [-0.25, -0.2) is 10.0 Å². The van der Waals surface area contributed by atoms with Crippen LogP contribution >= 0.6 is 11.6 Å². The molecule has 0 radical (unpaired) electrons. The summed E-state index contributed by atoms with van der Waals surface area (Å²) in [5.41, 5.74) is 4.39. The van der Waals surface area contributed by atoms with Crippen molar-refractivity contribution >= 4 is 46.5 Å². The Morgan fingerprint density at radius 2 is 1.76 bits per heavy atom. The van der Waals surface area contributed by atoms with E-state index in [1.165, 1.54) is 5.01 Å². The van der Waals surface area contributed by atoms with Crippen LogP contribution in [0, 0.1) is 0 Å². The van der Waals surface area contributed by atoms with Crippen LogP contribution in [0.15, 0.2) is 59.6 Å². The van der Waals surface area contributed by atoms with Crippen molar-refractivity contribution in [2.75, 3.05) is 42.6 Å². The van der Waals surface area contributed by atoms with E-state index >= 15 is 0 Å². The number of nitrogens with zero attached hydrogens (tertiary/aromatic N) is 4. The van der Waals surface area contributed by atoms with Crippen LogP contribution in [0.2, 0.25) is 5.02 Å². The Labute approximate surface area is 197 Å². The zero-order valence-corrected chi connectivity index (χ0v) is 19.0. The minimum atomic E-state index is -0.720. The van der Waals surface area contributed by atoms with E-state index in [4.69, 9.17) is 11.6 Å². The number of amides is 3. The SMILES string of the molecule is CC1N=C(C(=O)NCC(=O)N2CCN(c3cccc(Cl)c3)CC2)NN(c2ccccc2)C1=O. The van der Waals surface area contributed by atoms with E-state index in [1.807, 2.05) is 30.3 Å². The first-order valence-electron chi connectivity index (χ1n) is 10.7. The third kappa shape index (κ3) is 5.25. The van der Waals surface area contributed by atoms with E-state index in [0.29, 0.717) is 36.9 Å². The average molecular weight is 469 g/mol. The molecule has 1 atom stereocenters. The van der Waals surface area contributed by atoms with Gasteiger partial charge in [0.1, 0.15) is 6.04 Å². The van der Waals surface area contributed by atoms with Gasteiger partial charge < -0.3 is 15.1 Å². The monoisotopic (exact) mass is 468 g/mol. The van der Waals surface area contributed by atoms with Gasteiger partial charge in [-0.3, -0.25) is 19.8 Å². The summed E-state index contributed by atoms with van der Waals surface area (Å²) in [6.07, 6.45) is 0. The summed E-state index contributed by atoms with van der Waals surface area (Å²) in [6.45, 7) is 3.93. The molecule has 0 saturated carbocycles. The fourth-order valence-corrected chi connectivity index (χ4v) is 3.93. The molecule has 0 aliphatic carbocycles. The standard InChI is InChI=1S/C23H25ClN6O3/c1-16-23(33)30(18-7-3-2-4-8-18)27-21(26-16)22(32)25-15-20(31)29-12-10-28(11-13-29)19-9-5-6-17(24)14-19/h2-9,14,16H,10-13,15H2,1H3,(H,25,32)(H,26,27). The quantitative estimate of drug-likeness (QED) is 0.692. The van der Waals surface area contributed by atoms with Gasteiger partial charge in [0.2, 0.25) is 11.7 Å². The van der Waals surface area contributed by atoms with Crippen LogP contribution in [0.5, 0.6) is 0 Å². The average Bonchev–Trinajstić information content (AvgIpc) is 2.84. The Morgan fingerprint density at radius 3 is 2.45 bits per heavy atom. The highest BCUT2D eigenvalue weighted by atomic mass is 35.5. The number of para-hydroxylation sites is 1. The van der Waals surface area contributed by atoms with Gasteiger partial charge >= 0.3 is 0 Å². The lowest BCUT2D eigenvalue weighted by Gasteiger charge is -2.36. The van der Waals surface area contributed by atoms with E-state index in [1.54, 1.807) is 36.1 Å². The predicted molar refractivity (Wildman–Crippen MR) is 127 cm³/mol. The first-order chi connectivity index (χ1) is 15.9. The predicted octanol–water partition coefficient (Wildman–Crippen LogP) is 1.44. The summed E-state index contributed by atoms with van der Waals surface area (Å²) in [7, 11) is 0. The molecule has 2 aliphatic heterocycles. The summed E-state index contributed by atoms with van der Waals surface area (Å²) in [6, 6.07) is 15.8. The number of carbonyl (C=O) groups excluding carboxylic acids is 3. The third-order valence-electron chi connectivity index (χ3n) is 5.55. The lowest BCUT2D eigenvalue weighted by molar-refractivity contribution is -0.132. The fourth-order valence-electron chi connectivity index (χ4n) is 3.74. The summed E-state index contributed by atoms with van der Waals surface area (Å²) < 4.78 is 0. The molecule has 2 heterocycles. The Balaban J connectivity index is 1.30. The summed E-state index contributed by atoms with van der Waals surface area (Å²) in [4.78, 5) is 45.8. The molecular weight excluding hydrogens is 444 g/mol. The van der Waals surface area contributed by atoms with Gasteiger partial charge in [-0.05, 0) is 37.3 Å². The van der Waals surface area contributed by atoms with E-state index < -0.39 is 11.9 Å². The van der Waals surface area contributed by atoms with Crippen molar-refractivity contribution in [1.82, 2.24) is 15.6 Å². The van der Waals surface area contributed by atoms with Crippen LogP contribution in [0.25, 0.3) is 0 Å². The number of carbonyl (C=O) groups is 3. The molecule has 2 aromatic rings. The molecule has 0 bridgehead atoms. The van der Waals surface area contributed by atoms with E-state index in [-0.39, 0.29) is 24.2 Å². The number of nitrogens with one attached hydrogen (secondary N) is 2. The van der Waals surface area contributed by atoms with Gasteiger partial charge in [0.25, 0.3) is 11.8 Å². The highest BCUT2D eigenvalue weighted by Crippen LogP contribution is 2.21. The van der Waals surface area contributed by atoms with Gasteiger partial charge in [0, 0.05) is 36.9 Å². The molecule has 2 aromatic carbocycles. The zero-order valence-electron chi connectivity index (χ0n) is 18.2. The Kier molecular flexibility index (Phi) is 6.79. The molecular formula is C23H25ClN6O3. The van der Waals surface area contributed by atoms with Crippen LogP contribution in [0.1, 0.15) is 6.92 Å². The van der Waals surface area contributed by atoms with Gasteiger partial charge in [-0.1, -0.05) is 35.9 Å². The number of hydrogen-bond acceptors (Lipinski definition) is 6. The van der Waals surface area contributed by atoms with Crippen LogP contribution < -0.4 is 20.7 Å². The van der Waals surface area contributed by atoms with E-state index in [9.17, 15) is 14.4 Å². The van der Waals surface area contributed by atoms with Crippen LogP contribution in [0.3, 0.4) is 0 Å². The molecule has 1 saturated heterocycles. The molecule has 33 heavy (non-hydrogen) atoms. The molecule has 10 heteroatoms.